The van der Waals surface area contributed by atoms with Crippen LogP contribution in [0.15, 0.2) is 36.7 Å². The molecule has 1 unspecified atom stereocenters. The van der Waals surface area contributed by atoms with Crippen molar-refractivity contribution < 1.29 is 9.84 Å². The Hall–Kier alpha value is -2.14. The van der Waals surface area contributed by atoms with Crippen molar-refractivity contribution in [3.05, 3.63) is 47.8 Å². The first kappa shape index (κ1) is 12.3. The van der Waals surface area contributed by atoms with Crippen molar-refractivity contribution >= 4 is 5.82 Å². The lowest BCUT2D eigenvalue weighted by Crippen LogP contribution is -2.03. The summed E-state index contributed by atoms with van der Waals surface area (Å²) in [7, 11) is 1.55. The third-order valence-electron chi connectivity index (χ3n) is 2.63. The molecule has 5 nitrogen and oxygen atoms in total. The van der Waals surface area contributed by atoms with Gasteiger partial charge in [0.1, 0.15) is 5.82 Å². The van der Waals surface area contributed by atoms with E-state index < -0.39 is 6.10 Å². The number of nitrogens with zero attached hydrogens (tertiary/aromatic N) is 2. The summed E-state index contributed by atoms with van der Waals surface area (Å²) >= 11 is 0. The molecule has 18 heavy (non-hydrogen) atoms. The van der Waals surface area contributed by atoms with Crippen molar-refractivity contribution in [2.24, 2.45) is 0 Å². The maximum atomic E-state index is 10.1. The van der Waals surface area contributed by atoms with E-state index in [4.69, 9.17) is 10.5 Å². The maximum Gasteiger partial charge on any atom is 0.212 e. The van der Waals surface area contributed by atoms with Gasteiger partial charge in [0, 0.05) is 24.9 Å². The van der Waals surface area contributed by atoms with Gasteiger partial charge in [0.2, 0.25) is 5.88 Å². The van der Waals surface area contributed by atoms with Crippen molar-refractivity contribution in [1.82, 2.24) is 9.97 Å². The first-order chi connectivity index (χ1) is 8.69. The van der Waals surface area contributed by atoms with Gasteiger partial charge in [0.05, 0.1) is 13.2 Å². The molecule has 94 valence electrons. The fourth-order valence-electron chi connectivity index (χ4n) is 1.67. The van der Waals surface area contributed by atoms with Gasteiger partial charge in [0.25, 0.3) is 0 Å². The van der Waals surface area contributed by atoms with Crippen LogP contribution in [0.1, 0.15) is 17.2 Å². The molecule has 0 saturated carbocycles. The maximum absolute atomic E-state index is 10.1. The molecule has 2 heterocycles. The van der Waals surface area contributed by atoms with Gasteiger partial charge in [-0.05, 0) is 29.3 Å². The molecule has 2 rings (SSSR count). The molecule has 0 aliphatic rings. The lowest BCUT2D eigenvalue weighted by atomic mass is 10.0. The zero-order valence-corrected chi connectivity index (χ0v) is 10.1. The van der Waals surface area contributed by atoms with Crippen LogP contribution < -0.4 is 10.5 Å². The third kappa shape index (κ3) is 2.95. The number of hydrogen-bond acceptors (Lipinski definition) is 5. The van der Waals surface area contributed by atoms with E-state index in [0.29, 0.717) is 18.1 Å². The number of aliphatic hydroxyl groups is 1. The van der Waals surface area contributed by atoms with E-state index in [1.54, 1.807) is 37.7 Å². The molecule has 0 saturated heterocycles. The minimum atomic E-state index is -0.620. The molecule has 0 amide bonds. The van der Waals surface area contributed by atoms with Crippen molar-refractivity contribution in [3.8, 4) is 5.88 Å². The van der Waals surface area contributed by atoms with Gasteiger partial charge in [-0.25, -0.2) is 9.97 Å². The number of pyridine rings is 2. The van der Waals surface area contributed by atoms with E-state index in [1.807, 2.05) is 6.07 Å². The first-order valence-electron chi connectivity index (χ1n) is 5.57. The number of nitrogen functional groups attached to an aromatic ring is 1. The first-order valence-corrected chi connectivity index (χ1v) is 5.57. The topological polar surface area (TPSA) is 81.3 Å². The second-order valence-corrected chi connectivity index (χ2v) is 3.94. The van der Waals surface area contributed by atoms with Crippen LogP contribution in [0.2, 0.25) is 0 Å². The predicted octanol–water partition coefficient (Wildman–Crippen LogP) is 1.34. The Morgan fingerprint density at radius 2 is 2.17 bits per heavy atom. The summed E-state index contributed by atoms with van der Waals surface area (Å²) in [5.74, 6) is 0.978. The second kappa shape index (κ2) is 5.46. The standard InChI is InChI=1S/C13H15N3O2/c1-18-13-3-2-10(8-16-13)11(17)6-9-4-5-15-12(14)7-9/h2-5,7-8,11,17H,6H2,1H3,(H2,14,15). The zero-order chi connectivity index (χ0) is 13.0. The van der Waals surface area contributed by atoms with E-state index in [0.717, 1.165) is 11.1 Å². The third-order valence-corrected chi connectivity index (χ3v) is 2.63. The highest BCUT2D eigenvalue weighted by Crippen LogP contribution is 2.19. The number of aliphatic hydroxyl groups excluding tert-OH is 1. The lowest BCUT2D eigenvalue weighted by Gasteiger charge is -2.11. The molecule has 3 N–H and O–H groups in total. The Labute approximate surface area is 105 Å². The average Bonchev–Trinajstić information content (AvgIpc) is 2.39. The number of methoxy groups -OCH3 is 1. The van der Waals surface area contributed by atoms with Crippen LogP contribution >= 0.6 is 0 Å². The number of anilines is 1. The number of aromatic nitrogens is 2. The molecule has 0 spiro atoms. The second-order valence-electron chi connectivity index (χ2n) is 3.94. The minimum Gasteiger partial charge on any atom is -0.481 e. The Balaban J connectivity index is 2.09. The highest BCUT2D eigenvalue weighted by Gasteiger charge is 2.09. The van der Waals surface area contributed by atoms with Crippen LogP contribution in [-0.4, -0.2) is 22.2 Å². The quantitative estimate of drug-likeness (QED) is 0.849. The fourth-order valence-corrected chi connectivity index (χ4v) is 1.67. The molecule has 2 aromatic rings. The van der Waals surface area contributed by atoms with E-state index in [2.05, 4.69) is 9.97 Å². The smallest absolute Gasteiger partial charge is 0.212 e. The van der Waals surface area contributed by atoms with Crippen molar-refractivity contribution in [2.45, 2.75) is 12.5 Å². The molecule has 0 aliphatic heterocycles. The largest absolute Gasteiger partial charge is 0.481 e. The molecule has 0 aromatic carbocycles. The van der Waals surface area contributed by atoms with Crippen molar-refractivity contribution in [1.29, 1.82) is 0 Å². The summed E-state index contributed by atoms with van der Waals surface area (Å²) in [5, 5.41) is 10.1. The molecule has 5 heteroatoms. The summed E-state index contributed by atoms with van der Waals surface area (Å²) in [5.41, 5.74) is 7.27. The van der Waals surface area contributed by atoms with E-state index in [-0.39, 0.29) is 0 Å². The van der Waals surface area contributed by atoms with Gasteiger partial charge >= 0.3 is 0 Å². The van der Waals surface area contributed by atoms with Gasteiger partial charge < -0.3 is 15.6 Å². The van der Waals surface area contributed by atoms with Crippen LogP contribution in [0.5, 0.6) is 5.88 Å². The fraction of sp³-hybridized carbons (Fsp3) is 0.231. The highest BCUT2D eigenvalue weighted by atomic mass is 16.5. The van der Waals surface area contributed by atoms with Crippen molar-refractivity contribution in [2.75, 3.05) is 12.8 Å². The summed E-state index contributed by atoms with van der Waals surface area (Å²) in [6.07, 6.45) is 3.09. The van der Waals surface area contributed by atoms with Crippen molar-refractivity contribution in [3.63, 3.8) is 0 Å². The Morgan fingerprint density at radius 1 is 1.33 bits per heavy atom. The molecule has 0 aliphatic carbocycles. The molecular formula is C13H15N3O2. The van der Waals surface area contributed by atoms with Crippen LogP contribution in [-0.2, 0) is 6.42 Å². The van der Waals surface area contributed by atoms with E-state index in [1.165, 1.54) is 0 Å². The molecule has 0 fully saturated rings. The summed E-state index contributed by atoms with van der Waals surface area (Å²) < 4.78 is 4.97. The van der Waals surface area contributed by atoms with Gasteiger partial charge in [-0.3, -0.25) is 0 Å². The van der Waals surface area contributed by atoms with E-state index in [9.17, 15) is 5.11 Å². The minimum absolute atomic E-state index is 0.451. The average molecular weight is 245 g/mol. The molecule has 1 atom stereocenters. The van der Waals surface area contributed by atoms with Gasteiger partial charge in [-0.1, -0.05) is 0 Å². The van der Waals surface area contributed by atoms with Crippen LogP contribution in [0.25, 0.3) is 0 Å². The van der Waals surface area contributed by atoms with Crippen LogP contribution in [0, 0.1) is 0 Å². The number of ether oxygens (including phenoxy) is 1. The number of nitrogens with two attached hydrogens (primary N) is 1. The molecule has 0 bridgehead atoms. The van der Waals surface area contributed by atoms with Gasteiger partial charge in [0.15, 0.2) is 0 Å². The highest BCUT2D eigenvalue weighted by molar-refractivity contribution is 5.33. The Kier molecular flexibility index (Phi) is 3.74. The Bertz CT molecular complexity index is 514. The molecule has 2 aromatic heterocycles. The summed E-state index contributed by atoms with van der Waals surface area (Å²) in [4.78, 5) is 7.97. The molecule has 0 radical (unpaired) electrons. The normalized spacial score (nSPS) is 12.1. The van der Waals surface area contributed by atoms with E-state index >= 15 is 0 Å². The number of hydrogen-bond donors (Lipinski definition) is 2. The summed E-state index contributed by atoms with van der Waals surface area (Å²) in [6, 6.07) is 7.09. The monoisotopic (exact) mass is 245 g/mol. The van der Waals surface area contributed by atoms with Crippen LogP contribution in [0.4, 0.5) is 5.82 Å². The SMILES string of the molecule is COc1ccc(C(O)Cc2ccnc(N)c2)cn1. The van der Waals surface area contributed by atoms with Gasteiger partial charge in [-0.15, -0.1) is 0 Å². The number of rotatable bonds is 4. The zero-order valence-electron chi connectivity index (χ0n) is 10.1. The Morgan fingerprint density at radius 3 is 2.78 bits per heavy atom. The summed E-state index contributed by atoms with van der Waals surface area (Å²) in [6.45, 7) is 0. The lowest BCUT2D eigenvalue weighted by molar-refractivity contribution is 0.178. The van der Waals surface area contributed by atoms with Gasteiger partial charge in [-0.2, -0.15) is 0 Å². The van der Waals surface area contributed by atoms with Crippen LogP contribution in [0.3, 0.4) is 0 Å². The molecular weight excluding hydrogens is 230 g/mol. The predicted molar refractivity (Wildman–Crippen MR) is 68.1 cm³/mol.